The Morgan fingerprint density at radius 3 is 2.67 bits per heavy atom. The smallest absolute Gasteiger partial charge is 0.167 e. The summed E-state index contributed by atoms with van der Waals surface area (Å²) in [5.41, 5.74) is 4.49. The van der Waals surface area contributed by atoms with Crippen LogP contribution in [0.15, 0.2) is 24.3 Å². The highest BCUT2D eigenvalue weighted by Gasteiger charge is 2.10. The predicted octanol–water partition coefficient (Wildman–Crippen LogP) is 2.64. The molecular weight excluding hydrogens is 262 g/mol. The van der Waals surface area contributed by atoms with Crippen molar-refractivity contribution in [2.45, 2.75) is 20.4 Å². The third kappa shape index (κ3) is 3.29. The van der Waals surface area contributed by atoms with Crippen molar-refractivity contribution in [3.05, 3.63) is 46.6 Å². The van der Waals surface area contributed by atoms with Gasteiger partial charge in [-0.1, -0.05) is 12.1 Å². The van der Waals surface area contributed by atoms with E-state index >= 15 is 0 Å². The van der Waals surface area contributed by atoms with Crippen LogP contribution in [0.4, 0.5) is 11.5 Å². The molecule has 1 aromatic heterocycles. The molecule has 1 N–H and O–H groups in total. The predicted molar refractivity (Wildman–Crippen MR) is 84.3 cm³/mol. The molecule has 0 bridgehead atoms. The van der Waals surface area contributed by atoms with Crippen molar-refractivity contribution < 1.29 is 0 Å². The fraction of sp³-hybridized carbons (Fsp3) is 0.312. The van der Waals surface area contributed by atoms with Gasteiger partial charge in [-0.05, 0) is 37.1 Å². The summed E-state index contributed by atoms with van der Waals surface area (Å²) < 4.78 is 0. The van der Waals surface area contributed by atoms with Gasteiger partial charge in [-0.2, -0.15) is 10.4 Å². The van der Waals surface area contributed by atoms with Gasteiger partial charge in [0.15, 0.2) is 5.82 Å². The van der Waals surface area contributed by atoms with E-state index in [0.29, 0.717) is 17.9 Å². The van der Waals surface area contributed by atoms with Crippen LogP contribution in [0, 0.1) is 25.2 Å². The molecule has 1 aromatic carbocycles. The first-order valence-corrected chi connectivity index (χ1v) is 6.77. The Labute approximate surface area is 125 Å². The first-order chi connectivity index (χ1) is 10.0. The molecule has 0 radical (unpaired) electrons. The van der Waals surface area contributed by atoms with Gasteiger partial charge in [0.1, 0.15) is 11.6 Å². The van der Waals surface area contributed by atoms with Gasteiger partial charge in [0.25, 0.3) is 0 Å². The number of nitrogens with one attached hydrogen (secondary N) is 1. The van der Waals surface area contributed by atoms with E-state index in [1.165, 1.54) is 0 Å². The van der Waals surface area contributed by atoms with Crippen LogP contribution < -0.4 is 10.2 Å². The minimum atomic E-state index is 0.538. The number of aryl methyl sites for hydroxylation is 1. The maximum Gasteiger partial charge on any atom is 0.167 e. The van der Waals surface area contributed by atoms with Gasteiger partial charge in [0.05, 0.1) is 5.69 Å². The maximum atomic E-state index is 9.27. The lowest BCUT2D eigenvalue weighted by Gasteiger charge is -2.14. The molecule has 0 amide bonds. The molecule has 0 aliphatic carbocycles. The zero-order valence-corrected chi connectivity index (χ0v) is 12.8. The Bertz CT molecular complexity index is 686. The summed E-state index contributed by atoms with van der Waals surface area (Å²) in [5.74, 6) is 0.538. The average Bonchev–Trinajstić information content (AvgIpc) is 2.48. The molecular formula is C16H19N5. The summed E-state index contributed by atoms with van der Waals surface area (Å²) in [6.07, 6.45) is 0. The summed E-state index contributed by atoms with van der Waals surface area (Å²) in [6.45, 7) is 4.35. The number of aromatic nitrogens is 2. The molecule has 21 heavy (non-hydrogen) atoms. The van der Waals surface area contributed by atoms with E-state index in [4.69, 9.17) is 0 Å². The van der Waals surface area contributed by atoms with Crippen molar-refractivity contribution in [1.29, 1.82) is 5.26 Å². The minimum absolute atomic E-state index is 0.538. The monoisotopic (exact) mass is 281 g/mol. The molecule has 108 valence electrons. The van der Waals surface area contributed by atoms with E-state index < -0.39 is 0 Å². The SMILES string of the molecule is Cc1nnc(NCc2cccc(N(C)C)c2)c(C#N)c1C. The molecule has 1 heterocycles. The van der Waals surface area contributed by atoms with Gasteiger partial charge in [0, 0.05) is 26.3 Å². The van der Waals surface area contributed by atoms with Crippen LogP contribution in [-0.2, 0) is 6.54 Å². The highest BCUT2D eigenvalue weighted by atomic mass is 15.2. The van der Waals surface area contributed by atoms with Crippen LogP contribution in [0.25, 0.3) is 0 Å². The zero-order chi connectivity index (χ0) is 15.4. The van der Waals surface area contributed by atoms with Gasteiger partial charge >= 0.3 is 0 Å². The van der Waals surface area contributed by atoms with Crippen LogP contribution in [0.3, 0.4) is 0 Å². The quantitative estimate of drug-likeness (QED) is 0.933. The Balaban J connectivity index is 2.19. The van der Waals surface area contributed by atoms with Crippen molar-refractivity contribution in [3.8, 4) is 6.07 Å². The van der Waals surface area contributed by atoms with Crippen molar-refractivity contribution >= 4 is 11.5 Å². The van der Waals surface area contributed by atoms with E-state index in [9.17, 15) is 5.26 Å². The van der Waals surface area contributed by atoms with Gasteiger partial charge in [-0.15, -0.1) is 5.10 Å². The lowest BCUT2D eigenvalue weighted by Crippen LogP contribution is -2.10. The summed E-state index contributed by atoms with van der Waals surface area (Å²) in [7, 11) is 4.02. The molecule has 0 saturated carbocycles. The summed E-state index contributed by atoms with van der Waals surface area (Å²) >= 11 is 0. The van der Waals surface area contributed by atoms with Crippen LogP contribution >= 0.6 is 0 Å². The zero-order valence-electron chi connectivity index (χ0n) is 12.8. The number of hydrogen-bond donors (Lipinski definition) is 1. The van der Waals surface area contributed by atoms with E-state index in [1.54, 1.807) is 0 Å². The van der Waals surface area contributed by atoms with Crippen molar-refractivity contribution in [3.63, 3.8) is 0 Å². The van der Waals surface area contributed by atoms with E-state index in [2.05, 4.69) is 38.6 Å². The van der Waals surface area contributed by atoms with Gasteiger partial charge < -0.3 is 10.2 Å². The number of nitriles is 1. The second-order valence-corrected chi connectivity index (χ2v) is 5.16. The number of benzene rings is 1. The fourth-order valence-corrected chi connectivity index (χ4v) is 2.00. The maximum absolute atomic E-state index is 9.27. The van der Waals surface area contributed by atoms with E-state index in [1.807, 2.05) is 40.1 Å². The highest BCUT2D eigenvalue weighted by Crippen LogP contribution is 2.19. The fourth-order valence-electron chi connectivity index (χ4n) is 2.00. The summed E-state index contributed by atoms with van der Waals surface area (Å²) in [5, 5.41) is 20.6. The first kappa shape index (κ1) is 14.8. The van der Waals surface area contributed by atoms with Gasteiger partial charge in [-0.3, -0.25) is 0 Å². The average molecular weight is 281 g/mol. The van der Waals surface area contributed by atoms with Crippen LogP contribution in [0.1, 0.15) is 22.4 Å². The number of hydrogen-bond acceptors (Lipinski definition) is 5. The Morgan fingerprint density at radius 2 is 2.00 bits per heavy atom. The lowest BCUT2D eigenvalue weighted by molar-refractivity contribution is 0.940. The third-order valence-corrected chi connectivity index (χ3v) is 3.45. The summed E-state index contributed by atoms with van der Waals surface area (Å²) in [4.78, 5) is 2.06. The largest absolute Gasteiger partial charge is 0.378 e. The third-order valence-electron chi connectivity index (χ3n) is 3.45. The second-order valence-electron chi connectivity index (χ2n) is 5.16. The van der Waals surface area contributed by atoms with Crippen LogP contribution in [0.2, 0.25) is 0 Å². The Morgan fingerprint density at radius 1 is 1.24 bits per heavy atom. The molecule has 2 aromatic rings. The molecule has 5 nitrogen and oxygen atoms in total. The Hall–Kier alpha value is -2.61. The Kier molecular flexibility index (Phi) is 4.39. The van der Waals surface area contributed by atoms with Crippen molar-refractivity contribution in [2.24, 2.45) is 0 Å². The highest BCUT2D eigenvalue weighted by molar-refractivity contribution is 5.56. The molecule has 0 aliphatic rings. The van der Waals surface area contributed by atoms with E-state index in [-0.39, 0.29) is 0 Å². The molecule has 5 heteroatoms. The normalized spacial score (nSPS) is 10.0. The second kappa shape index (κ2) is 6.23. The van der Waals surface area contributed by atoms with Gasteiger partial charge in [0.2, 0.25) is 0 Å². The van der Waals surface area contributed by atoms with Crippen LogP contribution in [-0.4, -0.2) is 24.3 Å². The molecule has 0 spiro atoms. The molecule has 0 saturated heterocycles. The van der Waals surface area contributed by atoms with Crippen molar-refractivity contribution in [2.75, 3.05) is 24.3 Å². The molecule has 0 atom stereocenters. The standard InChI is InChI=1S/C16H19N5/c1-11-12(2)19-20-16(15(11)9-17)18-10-13-6-5-7-14(8-13)21(3)4/h5-8H,10H2,1-4H3,(H,18,20). The van der Waals surface area contributed by atoms with E-state index in [0.717, 1.165) is 22.5 Å². The van der Waals surface area contributed by atoms with Gasteiger partial charge in [-0.25, -0.2) is 0 Å². The number of anilines is 2. The molecule has 0 unspecified atom stereocenters. The molecule has 0 fully saturated rings. The molecule has 0 aliphatic heterocycles. The summed E-state index contributed by atoms with van der Waals surface area (Å²) in [6, 6.07) is 10.4. The minimum Gasteiger partial charge on any atom is -0.378 e. The van der Waals surface area contributed by atoms with Crippen molar-refractivity contribution in [1.82, 2.24) is 10.2 Å². The van der Waals surface area contributed by atoms with Crippen LogP contribution in [0.5, 0.6) is 0 Å². The molecule has 2 rings (SSSR count). The first-order valence-electron chi connectivity index (χ1n) is 6.77. The number of nitrogens with zero attached hydrogens (tertiary/aromatic N) is 4. The number of rotatable bonds is 4. The lowest BCUT2D eigenvalue weighted by atomic mass is 10.1. The topological polar surface area (TPSA) is 64.8 Å².